The highest BCUT2D eigenvalue weighted by molar-refractivity contribution is 6.88. The van der Waals surface area contributed by atoms with Crippen molar-refractivity contribution in [3.05, 3.63) is 133 Å². The van der Waals surface area contributed by atoms with Crippen LogP contribution in [0.4, 0.5) is 0 Å². The zero-order chi connectivity index (χ0) is 37.9. The second-order valence-corrected chi connectivity index (χ2v) is 22.6. The number of fused-ring (bicyclic) bond motifs is 1. The van der Waals surface area contributed by atoms with Crippen LogP contribution in [0.25, 0.3) is 67.1 Å². The average Bonchev–Trinajstić information content (AvgIpc) is 3.46. The number of rotatable bonds is 6. The van der Waals surface area contributed by atoms with Crippen LogP contribution in [0.5, 0.6) is 5.75 Å². The molecule has 0 aliphatic carbocycles. The third kappa shape index (κ3) is 7.11. The summed E-state index contributed by atoms with van der Waals surface area (Å²) in [6, 6.07) is 41.4. The van der Waals surface area contributed by atoms with Crippen LogP contribution < -0.4 is 5.19 Å². The van der Waals surface area contributed by atoms with Gasteiger partial charge in [0, 0.05) is 29.9 Å². The summed E-state index contributed by atoms with van der Waals surface area (Å²) in [5.74, 6) is 1.05. The van der Waals surface area contributed by atoms with Gasteiger partial charge >= 0.3 is 0 Å². The standard InChI is InChI=1S/C48H51N3OSi/c1-47(2,3)37-29-40(45(52)41(30-37)48(4,5)6)46-50-44-39(15-12-16-43(44)51(46)7)35-13-11-14-36(27-35)42-28-34(25-26-49-42)33-19-17-31(18-20-33)32-21-23-38(24-22-32)53(8,9)10/h11-30,52H,1-10H3. The average molecular weight is 714 g/mol. The molecule has 0 aliphatic rings. The van der Waals surface area contributed by atoms with Gasteiger partial charge in [0.25, 0.3) is 0 Å². The second kappa shape index (κ2) is 13.3. The molecule has 2 aromatic heterocycles. The van der Waals surface area contributed by atoms with Crippen molar-refractivity contribution < 1.29 is 5.11 Å². The van der Waals surface area contributed by atoms with E-state index in [1.807, 2.05) is 13.2 Å². The van der Waals surface area contributed by atoms with E-state index >= 15 is 0 Å². The minimum absolute atomic E-state index is 0.0899. The fourth-order valence-corrected chi connectivity index (χ4v) is 8.30. The fraction of sp³-hybridized carbons (Fsp3) is 0.250. The molecule has 0 atom stereocenters. The highest BCUT2D eigenvalue weighted by atomic mass is 28.3. The lowest BCUT2D eigenvalue weighted by Gasteiger charge is -2.27. The predicted molar refractivity (Wildman–Crippen MR) is 228 cm³/mol. The molecule has 2 heterocycles. The number of nitrogens with zero attached hydrogens (tertiary/aromatic N) is 3. The molecule has 7 aromatic rings. The molecule has 53 heavy (non-hydrogen) atoms. The first-order valence-electron chi connectivity index (χ1n) is 18.6. The summed E-state index contributed by atoms with van der Waals surface area (Å²) in [6.07, 6.45) is 1.90. The maximum absolute atomic E-state index is 11.7. The third-order valence-corrected chi connectivity index (χ3v) is 12.5. The van der Waals surface area contributed by atoms with E-state index < -0.39 is 8.07 Å². The normalized spacial score (nSPS) is 12.4. The van der Waals surface area contributed by atoms with Crippen molar-refractivity contribution in [1.82, 2.24) is 14.5 Å². The molecule has 5 aromatic carbocycles. The molecule has 1 N–H and O–H groups in total. The van der Waals surface area contributed by atoms with E-state index in [9.17, 15) is 5.11 Å². The summed E-state index contributed by atoms with van der Waals surface area (Å²) >= 11 is 0. The Morgan fingerprint density at radius 2 is 1.19 bits per heavy atom. The lowest BCUT2D eigenvalue weighted by atomic mass is 9.79. The first-order chi connectivity index (χ1) is 25.0. The number of aromatic nitrogens is 3. The van der Waals surface area contributed by atoms with Crippen molar-refractivity contribution in [3.63, 3.8) is 0 Å². The van der Waals surface area contributed by atoms with E-state index in [-0.39, 0.29) is 10.8 Å². The number of imidazole rings is 1. The third-order valence-electron chi connectivity index (χ3n) is 10.5. The van der Waals surface area contributed by atoms with Crippen LogP contribution in [0.3, 0.4) is 0 Å². The molecule has 4 nitrogen and oxygen atoms in total. The van der Waals surface area contributed by atoms with Gasteiger partial charge in [-0.25, -0.2) is 4.98 Å². The van der Waals surface area contributed by atoms with Crippen LogP contribution in [0.2, 0.25) is 19.6 Å². The van der Waals surface area contributed by atoms with Crippen molar-refractivity contribution in [1.29, 1.82) is 0 Å². The predicted octanol–water partition coefficient (Wildman–Crippen LogP) is 12.1. The number of phenolic OH excluding ortho intramolecular Hbond substituents is 1. The summed E-state index contributed by atoms with van der Waals surface area (Å²) in [4.78, 5) is 10.1. The Hall–Kier alpha value is -5.26. The van der Waals surface area contributed by atoms with Crippen molar-refractivity contribution in [2.24, 2.45) is 7.05 Å². The largest absolute Gasteiger partial charge is 0.507 e. The van der Waals surface area contributed by atoms with Gasteiger partial charge in [-0.1, -0.05) is 151 Å². The number of hydrogen-bond donors (Lipinski definition) is 1. The van der Waals surface area contributed by atoms with Crippen LogP contribution in [0.1, 0.15) is 52.7 Å². The van der Waals surface area contributed by atoms with Gasteiger partial charge in [0.15, 0.2) is 0 Å². The molecule has 268 valence electrons. The Kier molecular flexibility index (Phi) is 9.06. The Labute approximate surface area is 316 Å². The smallest absolute Gasteiger partial charge is 0.144 e. The SMILES string of the molecule is Cn1c(-c2cc(C(C)(C)C)cc(C(C)(C)C)c2O)nc2c(-c3cccc(-c4cc(-c5ccc(-c6ccc([Si](C)(C)C)cc6)cc5)ccn4)c3)cccc21. The number of phenols is 1. The highest BCUT2D eigenvalue weighted by Crippen LogP contribution is 2.43. The number of aromatic hydroxyl groups is 1. The van der Waals surface area contributed by atoms with Crippen LogP contribution >= 0.6 is 0 Å². The molecular weight excluding hydrogens is 663 g/mol. The Morgan fingerprint density at radius 1 is 0.585 bits per heavy atom. The Bertz CT molecular complexity index is 2450. The van der Waals surface area contributed by atoms with E-state index in [1.54, 1.807) is 0 Å². The first-order valence-corrected chi connectivity index (χ1v) is 22.1. The lowest BCUT2D eigenvalue weighted by Crippen LogP contribution is -2.37. The van der Waals surface area contributed by atoms with E-state index in [1.165, 1.54) is 21.9 Å². The highest BCUT2D eigenvalue weighted by Gasteiger charge is 2.27. The number of benzene rings is 5. The van der Waals surface area contributed by atoms with Crippen molar-refractivity contribution in [2.45, 2.75) is 72.0 Å². The van der Waals surface area contributed by atoms with E-state index in [2.05, 4.69) is 181 Å². The lowest BCUT2D eigenvalue weighted by molar-refractivity contribution is 0.446. The summed E-state index contributed by atoms with van der Waals surface area (Å²) < 4.78 is 2.11. The molecule has 0 saturated heterocycles. The topological polar surface area (TPSA) is 50.9 Å². The number of hydrogen-bond acceptors (Lipinski definition) is 3. The van der Waals surface area contributed by atoms with Crippen molar-refractivity contribution in [2.75, 3.05) is 0 Å². The van der Waals surface area contributed by atoms with E-state index in [0.717, 1.165) is 61.5 Å². The monoisotopic (exact) mass is 713 g/mol. The zero-order valence-corrected chi connectivity index (χ0v) is 33.8. The number of aryl methyl sites for hydroxylation is 1. The van der Waals surface area contributed by atoms with Gasteiger partial charge in [-0.05, 0) is 74.5 Å². The van der Waals surface area contributed by atoms with Gasteiger partial charge in [-0.15, -0.1) is 0 Å². The van der Waals surface area contributed by atoms with Gasteiger partial charge < -0.3 is 9.67 Å². The van der Waals surface area contributed by atoms with Crippen LogP contribution in [0.15, 0.2) is 121 Å². The first kappa shape index (κ1) is 36.1. The summed E-state index contributed by atoms with van der Waals surface area (Å²) in [6.45, 7) is 20.2. The van der Waals surface area contributed by atoms with Gasteiger partial charge in [-0.2, -0.15) is 0 Å². The van der Waals surface area contributed by atoms with Gasteiger partial charge in [-0.3, -0.25) is 4.98 Å². The molecular formula is C48H51N3OSi. The van der Waals surface area contributed by atoms with Gasteiger partial charge in [0.05, 0.1) is 30.4 Å². The molecule has 0 fully saturated rings. The van der Waals surface area contributed by atoms with Gasteiger partial charge in [0.2, 0.25) is 0 Å². The van der Waals surface area contributed by atoms with E-state index in [4.69, 9.17) is 9.97 Å². The minimum Gasteiger partial charge on any atom is -0.507 e. The minimum atomic E-state index is -1.33. The summed E-state index contributed by atoms with van der Waals surface area (Å²) in [7, 11) is 0.711. The molecule has 5 heteroatoms. The molecule has 0 unspecified atom stereocenters. The molecule has 7 rings (SSSR count). The van der Waals surface area contributed by atoms with Crippen LogP contribution in [-0.2, 0) is 17.9 Å². The summed E-state index contributed by atoms with van der Waals surface area (Å²) in [5.41, 5.74) is 13.3. The van der Waals surface area contributed by atoms with Gasteiger partial charge in [0.1, 0.15) is 11.6 Å². The Morgan fingerprint density at radius 3 is 1.81 bits per heavy atom. The number of para-hydroxylation sites is 1. The quantitative estimate of drug-likeness (QED) is 0.175. The zero-order valence-electron chi connectivity index (χ0n) is 32.8. The van der Waals surface area contributed by atoms with Crippen LogP contribution in [0, 0.1) is 0 Å². The molecule has 0 radical (unpaired) electrons. The van der Waals surface area contributed by atoms with Crippen LogP contribution in [-0.4, -0.2) is 27.7 Å². The molecule has 0 bridgehead atoms. The summed E-state index contributed by atoms with van der Waals surface area (Å²) in [5, 5.41) is 13.2. The maximum Gasteiger partial charge on any atom is 0.144 e. The number of pyridine rings is 1. The van der Waals surface area contributed by atoms with Crippen molar-refractivity contribution in [3.8, 4) is 61.8 Å². The maximum atomic E-state index is 11.7. The molecule has 0 spiro atoms. The Balaban J connectivity index is 1.23. The van der Waals surface area contributed by atoms with Crippen molar-refractivity contribution >= 4 is 24.3 Å². The molecule has 0 saturated carbocycles. The molecule has 0 aliphatic heterocycles. The second-order valence-electron chi connectivity index (χ2n) is 17.5. The fourth-order valence-electron chi connectivity index (χ4n) is 7.13. The van der Waals surface area contributed by atoms with E-state index in [0.29, 0.717) is 5.75 Å². The molecule has 0 amide bonds.